The van der Waals surface area contributed by atoms with Crippen LogP contribution in [-0.4, -0.2) is 51.8 Å². The fourth-order valence-corrected chi connectivity index (χ4v) is 2.37. The summed E-state index contributed by atoms with van der Waals surface area (Å²) in [4.78, 5) is 24.6. The molecule has 0 aromatic heterocycles. The number of hydrogen-bond donors (Lipinski definition) is 2. The van der Waals surface area contributed by atoms with Crippen LogP contribution in [-0.2, 0) is 9.59 Å². The van der Waals surface area contributed by atoms with Crippen LogP contribution in [0, 0.1) is 11.6 Å². The van der Waals surface area contributed by atoms with E-state index < -0.39 is 35.2 Å². The summed E-state index contributed by atoms with van der Waals surface area (Å²) in [5.74, 6) is -3.80. The van der Waals surface area contributed by atoms with Gasteiger partial charge in [-0.05, 0) is 19.1 Å². The number of hydrogen-bond acceptors (Lipinski definition) is 4. The van der Waals surface area contributed by atoms with Crippen LogP contribution in [0.2, 0.25) is 0 Å². The zero-order valence-electron chi connectivity index (χ0n) is 12.5. The zero-order chi connectivity index (χ0) is 17.2. The van der Waals surface area contributed by atoms with E-state index in [0.29, 0.717) is 0 Å². The smallest absolute Gasteiger partial charge is 0.335 e. The average molecular weight is 329 g/mol. The molecule has 23 heavy (non-hydrogen) atoms. The van der Waals surface area contributed by atoms with Crippen molar-refractivity contribution in [1.29, 1.82) is 0 Å². The monoisotopic (exact) mass is 329 g/mol. The van der Waals surface area contributed by atoms with Crippen LogP contribution in [0.1, 0.15) is 19.8 Å². The molecule has 1 saturated heterocycles. The number of aliphatic carboxylic acids is 1. The molecule has 126 valence electrons. The van der Waals surface area contributed by atoms with E-state index in [4.69, 9.17) is 9.84 Å². The third-order valence-corrected chi connectivity index (χ3v) is 3.85. The van der Waals surface area contributed by atoms with E-state index in [2.05, 4.69) is 0 Å². The highest BCUT2D eigenvalue weighted by Crippen LogP contribution is 2.24. The summed E-state index contributed by atoms with van der Waals surface area (Å²) < 4.78 is 31.2. The van der Waals surface area contributed by atoms with E-state index in [9.17, 15) is 23.5 Å². The molecule has 1 aromatic rings. The Labute approximate surface area is 131 Å². The van der Waals surface area contributed by atoms with Crippen molar-refractivity contribution in [3.8, 4) is 5.75 Å². The van der Waals surface area contributed by atoms with Gasteiger partial charge in [-0.1, -0.05) is 0 Å². The van der Waals surface area contributed by atoms with Crippen LogP contribution in [0.25, 0.3) is 0 Å². The number of aliphatic hydroxyl groups is 1. The number of likely N-dealkylation sites (tertiary alicyclic amines) is 1. The summed E-state index contributed by atoms with van der Waals surface area (Å²) >= 11 is 0. The third-order valence-electron chi connectivity index (χ3n) is 3.85. The lowest BCUT2D eigenvalue weighted by atomic mass is 9.91. The number of ether oxygens (including phenoxy) is 1. The van der Waals surface area contributed by atoms with Gasteiger partial charge >= 0.3 is 5.97 Å². The Morgan fingerprint density at radius 1 is 1.26 bits per heavy atom. The molecule has 1 aliphatic heterocycles. The Morgan fingerprint density at radius 3 is 2.39 bits per heavy atom. The minimum absolute atomic E-state index is 0.0174. The molecule has 0 bridgehead atoms. The molecule has 1 unspecified atom stereocenters. The predicted octanol–water partition coefficient (Wildman–Crippen LogP) is 1.17. The Morgan fingerprint density at radius 2 is 1.87 bits per heavy atom. The summed E-state index contributed by atoms with van der Waals surface area (Å²) in [7, 11) is 0. The maximum Gasteiger partial charge on any atom is 0.335 e. The third kappa shape index (κ3) is 3.76. The number of carbonyl (C=O) groups is 2. The molecule has 0 spiro atoms. The minimum Gasteiger partial charge on any atom is -0.481 e. The first-order chi connectivity index (χ1) is 10.7. The Kier molecular flexibility index (Phi) is 4.84. The molecule has 1 atom stereocenters. The van der Waals surface area contributed by atoms with Gasteiger partial charge in [-0.25, -0.2) is 13.6 Å². The fourth-order valence-electron chi connectivity index (χ4n) is 2.37. The lowest BCUT2D eigenvalue weighted by Gasteiger charge is -2.36. The van der Waals surface area contributed by atoms with Crippen LogP contribution in [0.15, 0.2) is 18.2 Å². The molecule has 8 heteroatoms. The summed E-state index contributed by atoms with van der Waals surface area (Å²) in [6.07, 6.45) is -1.10. The lowest BCUT2D eigenvalue weighted by molar-refractivity contribution is -0.166. The molecular weight excluding hydrogens is 312 g/mol. The second kappa shape index (κ2) is 6.49. The van der Waals surface area contributed by atoms with Gasteiger partial charge in [0.05, 0.1) is 0 Å². The molecule has 0 saturated carbocycles. The molecule has 1 amide bonds. The normalized spacial score (nSPS) is 18.3. The van der Waals surface area contributed by atoms with Crippen molar-refractivity contribution in [2.24, 2.45) is 0 Å². The first-order valence-electron chi connectivity index (χ1n) is 7.09. The molecule has 2 N–H and O–H groups in total. The largest absolute Gasteiger partial charge is 0.481 e. The number of carboxylic acid groups (broad SMARTS) is 1. The molecule has 1 heterocycles. The van der Waals surface area contributed by atoms with Gasteiger partial charge in [0.15, 0.2) is 23.3 Å². The first kappa shape index (κ1) is 17.1. The topological polar surface area (TPSA) is 87.1 Å². The van der Waals surface area contributed by atoms with Crippen molar-refractivity contribution in [1.82, 2.24) is 4.90 Å². The summed E-state index contributed by atoms with van der Waals surface area (Å²) in [6, 6.07) is 2.95. The number of halogens is 2. The van der Waals surface area contributed by atoms with E-state index in [0.717, 1.165) is 12.1 Å². The van der Waals surface area contributed by atoms with Crippen molar-refractivity contribution >= 4 is 11.9 Å². The molecule has 6 nitrogen and oxygen atoms in total. The fraction of sp³-hybridized carbons (Fsp3) is 0.467. The van der Waals surface area contributed by atoms with Crippen LogP contribution in [0.4, 0.5) is 8.78 Å². The second-order valence-electron chi connectivity index (χ2n) is 5.50. The van der Waals surface area contributed by atoms with E-state index in [1.165, 1.54) is 17.9 Å². The molecule has 1 fully saturated rings. The SMILES string of the molecule is CC(Oc1ccc(F)c(F)c1)C(=O)N1CCC(O)(C(=O)O)CC1. The van der Waals surface area contributed by atoms with Crippen molar-refractivity contribution in [3.05, 3.63) is 29.8 Å². The van der Waals surface area contributed by atoms with Gasteiger partial charge in [0.2, 0.25) is 0 Å². The molecule has 1 aromatic carbocycles. The van der Waals surface area contributed by atoms with E-state index >= 15 is 0 Å². The van der Waals surface area contributed by atoms with Gasteiger partial charge in [0.1, 0.15) is 5.75 Å². The number of carboxylic acids is 1. The highest BCUT2D eigenvalue weighted by molar-refractivity contribution is 5.82. The van der Waals surface area contributed by atoms with Crippen LogP contribution >= 0.6 is 0 Å². The van der Waals surface area contributed by atoms with E-state index in [1.807, 2.05) is 0 Å². The van der Waals surface area contributed by atoms with Crippen LogP contribution in [0.5, 0.6) is 5.75 Å². The number of nitrogens with zero attached hydrogens (tertiary/aromatic N) is 1. The van der Waals surface area contributed by atoms with Gasteiger partial charge in [-0.15, -0.1) is 0 Å². The standard InChI is InChI=1S/C15H17F2NO5/c1-9(23-10-2-3-11(16)12(17)8-10)13(19)18-6-4-15(22,5-7-18)14(20)21/h2-3,8-9,22H,4-7H2,1H3,(H,20,21). The van der Waals surface area contributed by atoms with Crippen molar-refractivity contribution < 1.29 is 33.3 Å². The van der Waals surface area contributed by atoms with E-state index in [-0.39, 0.29) is 31.7 Å². The summed E-state index contributed by atoms with van der Waals surface area (Å²) in [6.45, 7) is 1.61. The summed E-state index contributed by atoms with van der Waals surface area (Å²) in [5, 5.41) is 18.8. The average Bonchev–Trinajstić information content (AvgIpc) is 2.51. The van der Waals surface area contributed by atoms with E-state index in [1.54, 1.807) is 0 Å². The van der Waals surface area contributed by atoms with Crippen molar-refractivity contribution in [2.45, 2.75) is 31.5 Å². The van der Waals surface area contributed by atoms with Gasteiger partial charge in [-0.3, -0.25) is 4.79 Å². The van der Waals surface area contributed by atoms with Crippen molar-refractivity contribution in [2.75, 3.05) is 13.1 Å². The number of rotatable bonds is 4. The summed E-state index contributed by atoms with van der Waals surface area (Å²) in [5.41, 5.74) is -1.82. The number of amides is 1. The highest BCUT2D eigenvalue weighted by Gasteiger charge is 2.41. The Balaban J connectivity index is 1.95. The maximum atomic E-state index is 13.1. The molecule has 0 radical (unpaired) electrons. The van der Waals surface area contributed by atoms with Crippen molar-refractivity contribution in [3.63, 3.8) is 0 Å². The van der Waals surface area contributed by atoms with Crippen LogP contribution in [0.3, 0.4) is 0 Å². The maximum absolute atomic E-state index is 13.1. The molecular formula is C15H17F2NO5. The quantitative estimate of drug-likeness (QED) is 0.866. The Hall–Kier alpha value is -2.22. The lowest BCUT2D eigenvalue weighted by Crippen LogP contribution is -2.53. The molecule has 1 aliphatic rings. The number of piperidine rings is 1. The number of carbonyl (C=O) groups excluding carboxylic acids is 1. The molecule has 0 aliphatic carbocycles. The van der Waals surface area contributed by atoms with Gasteiger partial charge in [-0.2, -0.15) is 0 Å². The van der Waals surface area contributed by atoms with Gasteiger partial charge in [0, 0.05) is 32.0 Å². The van der Waals surface area contributed by atoms with Gasteiger partial charge in [0.25, 0.3) is 5.91 Å². The minimum atomic E-state index is -1.82. The second-order valence-corrected chi connectivity index (χ2v) is 5.50. The zero-order valence-corrected chi connectivity index (χ0v) is 12.5. The highest BCUT2D eigenvalue weighted by atomic mass is 19.2. The molecule has 2 rings (SSSR count). The first-order valence-corrected chi connectivity index (χ1v) is 7.09. The van der Waals surface area contributed by atoms with Crippen LogP contribution < -0.4 is 4.74 Å². The Bertz CT molecular complexity index is 614. The predicted molar refractivity (Wildman–Crippen MR) is 74.8 cm³/mol. The number of benzene rings is 1. The van der Waals surface area contributed by atoms with Gasteiger partial charge < -0.3 is 19.8 Å².